The number of esters is 1. The van der Waals surface area contributed by atoms with Crippen LogP contribution >= 0.6 is 34.8 Å². The molecule has 0 aliphatic heterocycles. The van der Waals surface area contributed by atoms with Crippen LogP contribution in [-0.4, -0.2) is 28.1 Å². The molecule has 0 spiro atoms. The molecule has 8 heteroatoms. The quantitative estimate of drug-likeness (QED) is 0.445. The van der Waals surface area contributed by atoms with Gasteiger partial charge in [0.15, 0.2) is 12.4 Å². The van der Waals surface area contributed by atoms with Gasteiger partial charge >= 0.3 is 5.97 Å². The van der Waals surface area contributed by atoms with Crippen molar-refractivity contribution in [3.8, 4) is 0 Å². The molecular formula is C20H21Cl3N2O3. The summed E-state index contributed by atoms with van der Waals surface area (Å²) in [6.07, 6.45) is 2.75. The van der Waals surface area contributed by atoms with Gasteiger partial charge in [-0.1, -0.05) is 61.6 Å². The predicted molar refractivity (Wildman–Crippen MR) is 112 cm³/mol. The van der Waals surface area contributed by atoms with Crippen molar-refractivity contribution in [3.63, 3.8) is 0 Å². The molecule has 0 radical (unpaired) electrons. The van der Waals surface area contributed by atoms with E-state index < -0.39 is 11.4 Å². The van der Waals surface area contributed by atoms with Crippen LogP contribution in [0.5, 0.6) is 0 Å². The van der Waals surface area contributed by atoms with Crippen molar-refractivity contribution in [1.29, 1.82) is 0 Å². The molecule has 5 nitrogen and oxygen atoms in total. The zero-order valence-corrected chi connectivity index (χ0v) is 18.3. The molecule has 0 unspecified atom stereocenters. The fraction of sp³-hybridized carbons (Fsp3) is 0.350. The summed E-state index contributed by atoms with van der Waals surface area (Å²) in [5.41, 5.74) is 1.48. The van der Waals surface area contributed by atoms with Crippen LogP contribution < -0.4 is 0 Å². The molecule has 1 aromatic carbocycles. The molecule has 1 heterocycles. The van der Waals surface area contributed by atoms with Gasteiger partial charge in [0.05, 0.1) is 12.2 Å². The summed E-state index contributed by atoms with van der Waals surface area (Å²) in [6.45, 7) is 7.16. The first kappa shape index (κ1) is 22.5. The third kappa shape index (κ3) is 5.84. The maximum Gasteiger partial charge on any atom is 0.331 e. The summed E-state index contributed by atoms with van der Waals surface area (Å²) in [5, 5.41) is 5.81. The molecule has 0 atom stereocenters. The topological polar surface area (TPSA) is 61.2 Å². The molecule has 0 bridgehead atoms. The Bertz CT molecular complexity index is 928. The van der Waals surface area contributed by atoms with E-state index in [-0.39, 0.29) is 12.4 Å². The minimum atomic E-state index is -0.624. The SMILES string of the molecule is Cc1nn(Cc2ccc(Cl)cc2Cl)c(Cl)c1C=CC(=O)OCC(=O)C(C)(C)C. The maximum atomic E-state index is 11.9. The van der Waals surface area contributed by atoms with Crippen molar-refractivity contribution in [1.82, 2.24) is 9.78 Å². The highest BCUT2D eigenvalue weighted by atomic mass is 35.5. The van der Waals surface area contributed by atoms with Crippen LogP contribution in [0.25, 0.3) is 6.08 Å². The number of Topliss-reactive ketones (excluding diaryl/α,β-unsaturated/α-hetero) is 1. The van der Waals surface area contributed by atoms with Gasteiger partial charge in [0.1, 0.15) is 5.15 Å². The highest BCUT2D eigenvalue weighted by Crippen LogP contribution is 2.26. The van der Waals surface area contributed by atoms with Gasteiger partial charge in [-0.15, -0.1) is 0 Å². The Kier molecular flexibility index (Phi) is 7.32. The lowest BCUT2D eigenvalue weighted by Crippen LogP contribution is -2.25. The van der Waals surface area contributed by atoms with Crippen LogP contribution in [-0.2, 0) is 20.9 Å². The number of aromatic nitrogens is 2. The Morgan fingerprint density at radius 2 is 1.89 bits per heavy atom. The first-order chi connectivity index (χ1) is 13.0. The van der Waals surface area contributed by atoms with Crippen LogP contribution in [0.4, 0.5) is 0 Å². The van der Waals surface area contributed by atoms with E-state index in [0.717, 1.165) is 5.56 Å². The molecule has 0 amide bonds. The number of aryl methyl sites for hydroxylation is 1. The molecule has 150 valence electrons. The van der Waals surface area contributed by atoms with Gasteiger partial charge in [0.2, 0.25) is 0 Å². The number of benzene rings is 1. The van der Waals surface area contributed by atoms with Crippen LogP contribution in [0, 0.1) is 12.3 Å². The fourth-order valence-electron chi connectivity index (χ4n) is 2.23. The number of ketones is 1. The molecular weight excluding hydrogens is 423 g/mol. The molecule has 0 fully saturated rings. The average molecular weight is 444 g/mol. The molecule has 0 N–H and O–H groups in total. The van der Waals surface area contributed by atoms with Gasteiger partial charge in [-0.3, -0.25) is 4.79 Å². The predicted octanol–water partition coefficient (Wildman–Crippen LogP) is 5.37. The monoisotopic (exact) mass is 442 g/mol. The summed E-state index contributed by atoms with van der Waals surface area (Å²) in [4.78, 5) is 23.7. The summed E-state index contributed by atoms with van der Waals surface area (Å²) in [6, 6.07) is 5.19. The van der Waals surface area contributed by atoms with Crippen molar-refractivity contribution in [2.45, 2.75) is 34.2 Å². The minimum absolute atomic E-state index is 0.156. The largest absolute Gasteiger partial charge is 0.455 e. The molecule has 0 saturated carbocycles. The number of carbonyl (C=O) groups excluding carboxylic acids is 2. The molecule has 0 aliphatic carbocycles. The van der Waals surface area contributed by atoms with Gasteiger partial charge in [0, 0.05) is 27.1 Å². The van der Waals surface area contributed by atoms with Crippen molar-refractivity contribution < 1.29 is 14.3 Å². The smallest absolute Gasteiger partial charge is 0.331 e. The first-order valence-corrected chi connectivity index (χ1v) is 9.67. The Labute approximate surface area is 179 Å². The van der Waals surface area contributed by atoms with E-state index in [1.807, 2.05) is 0 Å². The summed E-state index contributed by atoms with van der Waals surface area (Å²) in [5.74, 6) is -0.780. The maximum absolute atomic E-state index is 11.9. The van der Waals surface area contributed by atoms with Gasteiger partial charge in [-0.25, -0.2) is 9.48 Å². The van der Waals surface area contributed by atoms with Gasteiger partial charge < -0.3 is 4.74 Å². The van der Waals surface area contributed by atoms with Gasteiger partial charge in [0.25, 0.3) is 0 Å². The third-order valence-corrected chi connectivity index (χ3v) is 5.00. The molecule has 28 heavy (non-hydrogen) atoms. The average Bonchev–Trinajstić information content (AvgIpc) is 2.86. The zero-order valence-electron chi connectivity index (χ0n) is 16.1. The Hall–Kier alpha value is -1.82. The molecule has 2 rings (SSSR count). The van der Waals surface area contributed by atoms with E-state index in [1.165, 1.54) is 12.2 Å². The van der Waals surface area contributed by atoms with Crippen LogP contribution in [0.3, 0.4) is 0 Å². The van der Waals surface area contributed by atoms with Crippen LogP contribution in [0.2, 0.25) is 15.2 Å². The van der Waals surface area contributed by atoms with Crippen LogP contribution in [0.15, 0.2) is 24.3 Å². The molecule has 0 saturated heterocycles. The fourth-order valence-corrected chi connectivity index (χ4v) is 2.99. The Morgan fingerprint density at radius 1 is 1.21 bits per heavy atom. The normalized spacial score (nSPS) is 11.8. The van der Waals surface area contributed by atoms with E-state index in [9.17, 15) is 9.59 Å². The third-order valence-electron chi connectivity index (χ3n) is 4.01. The van der Waals surface area contributed by atoms with Crippen molar-refractivity contribution in [2.24, 2.45) is 5.41 Å². The lowest BCUT2D eigenvalue weighted by atomic mass is 9.91. The van der Waals surface area contributed by atoms with Gasteiger partial charge in [-0.2, -0.15) is 5.10 Å². The Morgan fingerprint density at radius 3 is 2.50 bits per heavy atom. The van der Waals surface area contributed by atoms with E-state index in [0.29, 0.717) is 33.0 Å². The minimum Gasteiger partial charge on any atom is -0.455 e. The zero-order chi connectivity index (χ0) is 21.1. The number of ether oxygens (including phenoxy) is 1. The second kappa shape index (κ2) is 9.12. The summed E-state index contributed by atoms with van der Waals surface area (Å²) in [7, 11) is 0. The van der Waals surface area contributed by atoms with E-state index in [4.69, 9.17) is 39.5 Å². The number of hydrogen-bond donors (Lipinski definition) is 0. The lowest BCUT2D eigenvalue weighted by molar-refractivity contribution is -0.145. The standard InChI is InChI=1S/C20H21Cl3N2O3/c1-12-15(7-8-18(27)28-11-17(26)20(2,3)4)19(23)25(24-12)10-13-5-6-14(21)9-16(13)22/h5-9H,10-11H2,1-4H3. The highest BCUT2D eigenvalue weighted by Gasteiger charge is 2.22. The van der Waals surface area contributed by atoms with Gasteiger partial charge in [-0.05, 0) is 30.7 Å². The summed E-state index contributed by atoms with van der Waals surface area (Å²) >= 11 is 18.5. The van der Waals surface area contributed by atoms with Crippen molar-refractivity contribution in [2.75, 3.05) is 6.61 Å². The number of carbonyl (C=O) groups is 2. The molecule has 1 aromatic heterocycles. The van der Waals surface area contributed by atoms with E-state index >= 15 is 0 Å². The number of rotatable bonds is 6. The second-order valence-electron chi connectivity index (χ2n) is 7.30. The molecule has 0 aliphatic rings. The number of nitrogens with zero attached hydrogens (tertiary/aromatic N) is 2. The second-order valence-corrected chi connectivity index (χ2v) is 8.50. The Balaban J connectivity index is 2.09. The highest BCUT2D eigenvalue weighted by molar-refractivity contribution is 6.35. The number of halogens is 3. The van der Waals surface area contributed by atoms with Crippen molar-refractivity contribution in [3.05, 3.63) is 56.3 Å². The lowest BCUT2D eigenvalue weighted by Gasteiger charge is -2.15. The van der Waals surface area contributed by atoms with Crippen LogP contribution in [0.1, 0.15) is 37.6 Å². The number of hydrogen-bond acceptors (Lipinski definition) is 4. The molecule has 2 aromatic rings. The van der Waals surface area contributed by atoms with E-state index in [1.54, 1.807) is 50.6 Å². The van der Waals surface area contributed by atoms with Crippen molar-refractivity contribution >= 4 is 52.6 Å². The summed E-state index contributed by atoms with van der Waals surface area (Å²) < 4.78 is 6.57. The van der Waals surface area contributed by atoms with E-state index in [2.05, 4.69) is 5.10 Å². The first-order valence-electron chi connectivity index (χ1n) is 8.54.